The van der Waals surface area contributed by atoms with E-state index in [1.807, 2.05) is 30.3 Å². The van der Waals surface area contributed by atoms with Crippen LogP contribution in [-0.2, 0) is 17.8 Å². The number of hydrogen-bond acceptors (Lipinski definition) is 6. The molecule has 156 valence electrons. The number of rotatable bonds is 8. The number of hydrogen-bond donors (Lipinski definition) is 3. The summed E-state index contributed by atoms with van der Waals surface area (Å²) >= 11 is 5.96. The zero-order chi connectivity index (χ0) is 21.5. The zero-order valence-electron chi connectivity index (χ0n) is 16.3. The summed E-state index contributed by atoms with van der Waals surface area (Å²) in [6, 6.07) is 14.6. The summed E-state index contributed by atoms with van der Waals surface area (Å²) in [7, 11) is 1.48. The van der Waals surface area contributed by atoms with Crippen molar-refractivity contribution < 1.29 is 14.3 Å². The van der Waals surface area contributed by atoms with Crippen LogP contribution in [0.2, 0.25) is 5.02 Å². The van der Waals surface area contributed by atoms with Gasteiger partial charge in [0.15, 0.2) is 11.5 Å². The van der Waals surface area contributed by atoms with Crippen LogP contribution in [0.4, 0.5) is 11.5 Å². The lowest BCUT2D eigenvalue weighted by molar-refractivity contribution is -0.116. The molecule has 0 unspecified atom stereocenters. The van der Waals surface area contributed by atoms with Gasteiger partial charge in [0.2, 0.25) is 5.91 Å². The molecule has 3 rings (SSSR count). The maximum atomic E-state index is 12.4. The fraction of sp³-hybridized carbons (Fsp3) is 0.200. The Labute approximate surface area is 178 Å². The van der Waals surface area contributed by atoms with E-state index in [0.29, 0.717) is 29.4 Å². The van der Waals surface area contributed by atoms with Crippen molar-refractivity contribution in [3.63, 3.8) is 0 Å². The number of aromatic nitrogens is 3. The number of benzene rings is 2. The summed E-state index contributed by atoms with van der Waals surface area (Å²) < 4.78 is 6.35. The number of carbonyl (C=O) groups excluding carboxylic acids is 2. The molecular formula is C20H21ClN6O3. The number of nitrogens with two attached hydrogens (primary N) is 1. The van der Waals surface area contributed by atoms with E-state index < -0.39 is 11.8 Å². The Balaban J connectivity index is 1.58. The molecule has 4 N–H and O–H groups in total. The third kappa shape index (κ3) is 5.26. The molecule has 0 aliphatic carbocycles. The molecule has 2 aromatic carbocycles. The Morgan fingerprint density at radius 1 is 1.20 bits per heavy atom. The lowest BCUT2D eigenvalue weighted by Gasteiger charge is -2.11. The number of nitrogens with zero attached hydrogens (tertiary/aromatic N) is 3. The van der Waals surface area contributed by atoms with E-state index in [1.165, 1.54) is 7.11 Å². The van der Waals surface area contributed by atoms with Crippen molar-refractivity contribution in [2.75, 3.05) is 24.7 Å². The first-order chi connectivity index (χ1) is 14.5. The molecule has 1 heterocycles. The van der Waals surface area contributed by atoms with Crippen LogP contribution in [0.5, 0.6) is 5.75 Å². The Kier molecular flexibility index (Phi) is 6.87. The van der Waals surface area contributed by atoms with E-state index >= 15 is 0 Å². The summed E-state index contributed by atoms with van der Waals surface area (Å²) in [4.78, 5) is 24.7. The number of anilines is 2. The van der Waals surface area contributed by atoms with Gasteiger partial charge in [-0.1, -0.05) is 47.1 Å². The van der Waals surface area contributed by atoms with E-state index in [2.05, 4.69) is 20.9 Å². The molecule has 0 spiro atoms. The molecule has 0 radical (unpaired) electrons. The standard InChI is InChI=1S/C20H21ClN6O3/c1-30-16-8-7-14(21)11-15(16)24-17(28)12-27-19(22)18(25-26-27)20(29)23-10-9-13-5-3-2-4-6-13/h2-8,11H,9-10,12,22H2,1H3,(H,23,29)(H,24,28). The third-order valence-electron chi connectivity index (χ3n) is 4.26. The van der Waals surface area contributed by atoms with Gasteiger partial charge in [-0.3, -0.25) is 9.59 Å². The maximum Gasteiger partial charge on any atom is 0.275 e. The van der Waals surface area contributed by atoms with Gasteiger partial charge in [-0.2, -0.15) is 0 Å². The minimum Gasteiger partial charge on any atom is -0.495 e. The summed E-state index contributed by atoms with van der Waals surface area (Å²) in [5, 5.41) is 13.5. The monoisotopic (exact) mass is 428 g/mol. The van der Waals surface area contributed by atoms with Gasteiger partial charge >= 0.3 is 0 Å². The minimum atomic E-state index is -0.452. The molecular weight excluding hydrogens is 408 g/mol. The molecule has 2 amide bonds. The Morgan fingerprint density at radius 2 is 1.97 bits per heavy atom. The Morgan fingerprint density at radius 3 is 2.70 bits per heavy atom. The van der Waals surface area contributed by atoms with Crippen LogP contribution in [0.3, 0.4) is 0 Å². The number of nitrogens with one attached hydrogen (secondary N) is 2. The lowest BCUT2D eigenvalue weighted by Crippen LogP contribution is -2.27. The van der Waals surface area contributed by atoms with Crippen molar-refractivity contribution >= 4 is 34.9 Å². The lowest BCUT2D eigenvalue weighted by atomic mass is 10.1. The van der Waals surface area contributed by atoms with Gasteiger partial charge in [-0.25, -0.2) is 4.68 Å². The Bertz CT molecular complexity index is 1040. The molecule has 0 saturated carbocycles. The quantitative estimate of drug-likeness (QED) is 0.505. The third-order valence-corrected chi connectivity index (χ3v) is 4.49. The van der Waals surface area contributed by atoms with E-state index in [0.717, 1.165) is 10.2 Å². The predicted octanol–water partition coefficient (Wildman–Crippen LogP) is 2.13. The normalized spacial score (nSPS) is 10.5. The average molecular weight is 429 g/mol. The van der Waals surface area contributed by atoms with Crippen molar-refractivity contribution in [1.29, 1.82) is 0 Å². The van der Waals surface area contributed by atoms with Gasteiger partial charge in [0.1, 0.15) is 12.3 Å². The summed E-state index contributed by atoms with van der Waals surface area (Å²) in [6.07, 6.45) is 0.671. The van der Waals surface area contributed by atoms with Crippen LogP contribution in [-0.4, -0.2) is 40.5 Å². The number of nitrogen functional groups attached to an aromatic ring is 1. The van der Waals surface area contributed by atoms with Gasteiger partial charge in [0, 0.05) is 11.6 Å². The van der Waals surface area contributed by atoms with Gasteiger partial charge in [-0.15, -0.1) is 5.10 Å². The molecule has 30 heavy (non-hydrogen) atoms. The second-order valence-corrected chi connectivity index (χ2v) is 6.80. The van der Waals surface area contributed by atoms with Crippen LogP contribution in [0, 0.1) is 0 Å². The van der Waals surface area contributed by atoms with Crippen molar-refractivity contribution in [3.05, 3.63) is 64.8 Å². The van der Waals surface area contributed by atoms with E-state index in [9.17, 15) is 9.59 Å². The fourth-order valence-electron chi connectivity index (χ4n) is 2.75. The molecule has 0 saturated heterocycles. The molecule has 1 aromatic heterocycles. The number of carbonyl (C=O) groups is 2. The number of methoxy groups -OCH3 is 1. The van der Waals surface area contributed by atoms with Gasteiger partial charge in [-0.05, 0) is 30.2 Å². The summed E-state index contributed by atoms with van der Waals surface area (Å²) in [5.74, 6) is -0.423. The molecule has 0 aliphatic rings. The molecule has 9 nitrogen and oxygen atoms in total. The molecule has 0 bridgehead atoms. The van der Waals surface area contributed by atoms with Crippen LogP contribution >= 0.6 is 11.6 Å². The first kappa shape index (κ1) is 21.1. The predicted molar refractivity (Wildman–Crippen MR) is 114 cm³/mol. The number of ether oxygens (including phenoxy) is 1. The van der Waals surface area contributed by atoms with Crippen molar-refractivity contribution in [1.82, 2.24) is 20.3 Å². The largest absolute Gasteiger partial charge is 0.495 e. The SMILES string of the molecule is COc1ccc(Cl)cc1NC(=O)Cn1nnc(C(=O)NCCc2ccccc2)c1N. The first-order valence-corrected chi connectivity index (χ1v) is 9.50. The molecule has 0 fully saturated rings. The van der Waals surface area contributed by atoms with Crippen LogP contribution < -0.4 is 21.1 Å². The first-order valence-electron chi connectivity index (χ1n) is 9.12. The topological polar surface area (TPSA) is 124 Å². The summed E-state index contributed by atoms with van der Waals surface area (Å²) in [5.41, 5.74) is 7.44. The van der Waals surface area contributed by atoms with Gasteiger partial charge in [0.25, 0.3) is 5.91 Å². The second kappa shape index (κ2) is 9.75. The van der Waals surface area contributed by atoms with E-state index in [1.54, 1.807) is 18.2 Å². The number of amides is 2. The Hall–Kier alpha value is -3.59. The van der Waals surface area contributed by atoms with Gasteiger partial charge < -0.3 is 21.1 Å². The highest BCUT2D eigenvalue weighted by molar-refractivity contribution is 6.31. The zero-order valence-corrected chi connectivity index (χ0v) is 17.0. The highest BCUT2D eigenvalue weighted by Gasteiger charge is 2.19. The van der Waals surface area contributed by atoms with E-state index in [-0.39, 0.29) is 18.1 Å². The molecule has 3 aromatic rings. The van der Waals surface area contributed by atoms with Crippen molar-refractivity contribution in [3.8, 4) is 5.75 Å². The van der Waals surface area contributed by atoms with Crippen molar-refractivity contribution in [2.24, 2.45) is 0 Å². The molecule has 0 atom stereocenters. The smallest absolute Gasteiger partial charge is 0.275 e. The number of halogens is 1. The van der Waals surface area contributed by atoms with Crippen LogP contribution in [0.1, 0.15) is 16.1 Å². The molecule has 10 heteroatoms. The maximum absolute atomic E-state index is 12.4. The second-order valence-electron chi connectivity index (χ2n) is 6.37. The highest BCUT2D eigenvalue weighted by atomic mass is 35.5. The van der Waals surface area contributed by atoms with Crippen LogP contribution in [0.15, 0.2) is 48.5 Å². The highest BCUT2D eigenvalue weighted by Crippen LogP contribution is 2.27. The fourth-order valence-corrected chi connectivity index (χ4v) is 2.92. The summed E-state index contributed by atoms with van der Waals surface area (Å²) in [6.45, 7) is 0.190. The van der Waals surface area contributed by atoms with Crippen molar-refractivity contribution in [2.45, 2.75) is 13.0 Å². The van der Waals surface area contributed by atoms with Gasteiger partial charge in [0.05, 0.1) is 12.8 Å². The van der Waals surface area contributed by atoms with E-state index in [4.69, 9.17) is 22.1 Å². The van der Waals surface area contributed by atoms with Crippen LogP contribution in [0.25, 0.3) is 0 Å². The minimum absolute atomic E-state index is 0.000389. The average Bonchev–Trinajstić information content (AvgIpc) is 3.09. The molecule has 0 aliphatic heterocycles.